The lowest BCUT2D eigenvalue weighted by atomic mass is 9.57. The van der Waals surface area contributed by atoms with Gasteiger partial charge in [0.2, 0.25) is 0 Å². The maximum absolute atomic E-state index is 11.8. The molecule has 6 nitrogen and oxygen atoms in total. The van der Waals surface area contributed by atoms with Crippen LogP contribution < -0.4 is 0 Å². The zero-order valence-electron chi connectivity index (χ0n) is 13.1. The molecule has 0 radical (unpaired) electrons. The van der Waals surface area contributed by atoms with Crippen LogP contribution in [0.25, 0.3) is 0 Å². The topological polar surface area (TPSA) is 78.9 Å². The van der Waals surface area contributed by atoms with E-state index >= 15 is 0 Å². The Hall–Kier alpha value is -1.59. The number of fused-ring (bicyclic) bond motifs is 1. The fraction of sp³-hybridized carbons (Fsp3) is 0.800. The minimum Gasteiger partial charge on any atom is -0.462 e. The molecule has 0 aromatic carbocycles. The third-order valence-electron chi connectivity index (χ3n) is 4.42. The highest BCUT2D eigenvalue weighted by Gasteiger charge is 2.67. The van der Waals surface area contributed by atoms with Gasteiger partial charge in [-0.3, -0.25) is 14.4 Å². The van der Waals surface area contributed by atoms with Gasteiger partial charge < -0.3 is 14.2 Å². The van der Waals surface area contributed by atoms with Crippen molar-refractivity contribution < 1.29 is 28.6 Å². The molecule has 1 aliphatic heterocycles. The van der Waals surface area contributed by atoms with Gasteiger partial charge in [0.1, 0.15) is 18.8 Å². The second-order valence-electron chi connectivity index (χ2n) is 7.03. The van der Waals surface area contributed by atoms with Crippen molar-refractivity contribution >= 4 is 17.9 Å². The first-order valence-corrected chi connectivity index (χ1v) is 7.11. The van der Waals surface area contributed by atoms with Crippen LogP contribution >= 0.6 is 0 Å². The van der Waals surface area contributed by atoms with Crippen molar-refractivity contribution in [3.63, 3.8) is 0 Å². The number of carbonyl (C=O) groups excluding carboxylic acids is 3. The summed E-state index contributed by atoms with van der Waals surface area (Å²) in [6.45, 7) is 8.44. The van der Waals surface area contributed by atoms with E-state index in [-0.39, 0.29) is 36.5 Å². The van der Waals surface area contributed by atoms with Crippen LogP contribution in [-0.4, -0.2) is 36.7 Å². The third-order valence-corrected chi connectivity index (χ3v) is 4.42. The van der Waals surface area contributed by atoms with Crippen LogP contribution in [0.1, 0.15) is 41.0 Å². The Bertz CT molecular complexity index is 477. The lowest BCUT2D eigenvalue weighted by Crippen LogP contribution is -2.57. The molecular formula is C15H22O6. The zero-order chi connectivity index (χ0) is 16.0. The average molecular weight is 298 g/mol. The molecule has 1 aliphatic carbocycles. The molecule has 118 valence electrons. The second-order valence-corrected chi connectivity index (χ2v) is 7.03. The van der Waals surface area contributed by atoms with Crippen molar-refractivity contribution in [3.8, 4) is 0 Å². The molecule has 2 fully saturated rings. The molecule has 1 saturated carbocycles. The van der Waals surface area contributed by atoms with Gasteiger partial charge in [-0.05, 0) is 27.2 Å². The van der Waals surface area contributed by atoms with Crippen LogP contribution in [0.2, 0.25) is 0 Å². The van der Waals surface area contributed by atoms with Gasteiger partial charge >= 0.3 is 17.9 Å². The SMILES string of the molecule is CC(=O)O[C@H]1C[C@@H]2C(=O)O[C@H](COC(=O)C(C)(C)C)[C@]12C. The minimum absolute atomic E-state index is 0.00733. The lowest BCUT2D eigenvalue weighted by Gasteiger charge is -2.47. The fourth-order valence-corrected chi connectivity index (χ4v) is 2.87. The molecule has 0 spiro atoms. The summed E-state index contributed by atoms with van der Waals surface area (Å²) in [5, 5.41) is 0. The van der Waals surface area contributed by atoms with Crippen molar-refractivity contribution in [1.82, 2.24) is 0 Å². The van der Waals surface area contributed by atoms with Gasteiger partial charge in [-0.2, -0.15) is 0 Å². The van der Waals surface area contributed by atoms with Gasteiger partial charge in [-0.15, -0.1) is 0 Å². The van der Waals surface area contributed by atoms with E-state index in [1.54, 1.807) is 20.8 Å². The summed E-state index contributed by atoms with van der Waals surface area (Å²) in [6.07, 6.45) is -0.470. The summed E-state index contributed by atoms with van der Waals surface area (Å²) >= 11 is 0. The smallest absolute Gasteiger partial charge is 0.311 e. The monoisotopic (exact) mass is 298 g/mol. The molecule has 0 aromatic heterocycles. The van der Waals surface area contributed by atoms with Crippen LogP contribution in [0, 0.1) is 16.7 Å². The maximum Gasteiger partial charge on any atom is 0.311 e. The van der Waals surface area contributed by atoms with E-state index in [1.807, 2.05) is 6.92 Å². The Morgan fingerprint density at radius 2 is 2.00 bits per heavy atom. The largest absolute Gasteiger partial charge is 0.462 e. The molecule has 0 bridgehead atoms. The first-order chi connectivity index (χ1) is 9.56. The molecule has 1 saturated heterocycles. The number of ether oxygens (including phenoxy) is 3. The summed E-state index contributed by atoms with van der Waals surface area (Å²) in [4.78, 5) is 34.8. The average Bonchev–Trinajstić information content (AvgIpc) is 2.53. The molecule has 0 aromatic rings. The quantitative estimate of drug-likeness (QED) is 0.580. The highest BCUT2D eigenvalue weighted by molar-refractivity contribution is 5.79. The summed E-state index contributed by atoms with van der Waals surface area (Å²) in [6, 6.07) is 0. The Labute approximate surface area is 124 Å². The van der Waals surface area contributed by atoms with Crippen LogP contribution in [0.15, 0.2) is 0 Å². The van der Waals surface area contributed by atoms with Gasteiger partial charge in [0.05, 0.1) is 16.7 Å². The van der Waals surface area contributed by atoms with Crippen LogP contribution in [0.5, 0.6) is 0 Å². The van der Waals surface area contributed by atoms with Gasteiger partial charge in [-0.1, -0.05) is 6.92 Å². The lowest BCUT2D eigenvalue weighted by molar-refractivity contribution is -0.183. The van der Waals surface area contributed by atoms with Crippen LogP contribution in [0.3, 0.4) is 0 Å². The molecule has 2 aliphatic rings. The number of hydrogen-bond acceptors (Lipinski definition) is 6. The first kappa shape index (κ1) is 15.8. The predicted octanol–water partition coefficient (Wildman–Crippen LogP) is 1.46. The van der Waals surface area contributed by atoms with Gasteiger partial charge in [-0.25, -0.2) is 0 Å². The standard InChI is InChI=1S/C15H22O6/c1-8(16)20-10-6-9-12(17)21-11(15(9,10)5)7-19-13(18)14(2,3)4/h9-11H,6-7H2,1-5H3/t9-,10+,11-,15+/m1/s1. The van der Waals surface area contributed by atoms with Crippen molar-refractivity contribution in [3.05, 3.63) is 0 Å². The number of cyclic esters (lactones) is 1. The molecular weight excluding hydrogens is 276 g/mol. The number of rotatable bonds is 3. The molecule has 0 N–H and O–H groups in total. The molecule has 4 atom stereocenters. The van der Waals surface area contributed by atoms with Gasteiger partial charge in [0.15, 0.2) is 0 Å². The van der Waals surface area contributed by atoms with Crippen LogP contribution in [0.4, 0.5) is 0 Å². The molecule has 6 heteroatoms. The fourth-order valence-electron chi connectivity index (χ4n) is 2.87. The minimum atomic E-state index is -0.613. The normalized spacial score (nSPS) is 34.5. The third kappa shape index (κ3) is 2.63. The molecule has 0 amide bonds. The van der Waals surface area contributed by atoms with Gasteiger partial charge in [0.25, 0.3) is 0 Å². The molecule has 2 rings (SSSR count). The predicted molar refractivity (Wildman–Crippen MR) is 72.1 cm³/mol. The Kier molecular flexibility index (Phi) is 3.76. The van der Waals surface area contributed by atoms with E-state index in [4.69, 9.17) is 14.2 Å². The van der Waals surface area contributed by atoms with Crippen molar-refractivity contribution in [2.45, 2.75) is 53.2 Å². The Morgan fingerprint density at radius 1 is 1.38 bits per heavy atom. The molecule has 21 heavy (non-hydrogen) atoms. The number of hydrogen-bond donors (Lipinski definition) is 0. The second kappa shape index (κ2) is 5.00. The van der Waals surface area contributed by atoms with E-state index < -0.39 is 16.9 Å². The van der Waals surface area contributed by atoms with E-state index in [1.165, 1.54) is 6.92 Å². The summed E-state index contributed by atoms with van der Waals surface area (Å²) in [5.41, 5.74) is -1.22. The van der Waals surface area contributed by atoms with E-state index in [9.17, 15) is 14.4 Å². The van der Waals surface area contributed by atoms with E-state index in [0.29, 0.717) is 6.42 Å². The highest BCUT2D eigenvalue weighted by atomic mass is 16.6. The van der Waals surface area contributed by atoms with Crippen LogP contribution in [-0.2, 0) is 28.6 Å². The zero-order valence-corrected chi connectivity index (χ0v) is 13.1. The van der Waals surface area contributed by atoms with E-state index in [2.05, 4.69) is 0 Å². The van der Waals surface area contributed by atoms with Gasteiger partial charge in [0, 0.05) is 6.92 Å². The molecule has 1 heterocycles. The number of esters is 3. The summed E-state index contributed by atoms with van der Waals surface area (Å²) in [7, 11) is 0. The molecule has 0 unspecified atom stereocenters. The van der Waals surface area contributed by atoms with E-state index in [0.717, 1.165) is 0 Å². The summed E-state index contributed by atoms with van der Waals surface area (Å²) in [5.74, 6) is -1.34. The highest BCUT2D eigenvalue weighted by Crippen LogP contribution is 2.56. The summed E-state index contributed by atoms with van der Waals surface area (Å²) < 4.78 is 15.8. The van der Waals surface area contributed by atoms with Crippen molar-refractivity contribution in [2.75, 3.05) is 6.61 Å². The number of carbonyl (C=O) groups is 3. The van der Waals surface area contributed by atoms with Crippen molar-refractivity contribution in [2.24, 2.45) is 16.7 Å². The first-order valence-electron chi connectivity index (χ1n) is 7.11. The Balaban J connectivity index is 2.04. The maximum atomic E-state index is 11.8. The Morgan fingerprint density at radius 3 is 2.52 bits per heavy atom. The van der Waals surface area contributed by atoms with Crippen molar-refractivity contribution in [1.29, 1.82) is 0 Å².